The Bertz CT molecular complexity index is 753. The average molecular weight is 485 g/mol. The van der Waals surface area contributed by atoms with E-state index >= 15 is 0 Å². The third kappa shape index (κ3) is 7.69. The van der Waals surface area contributed by atoms with Gasteiger partial charge in [0.15, 0.2) is 5.96 Å². The van der Waals surface area contributed by atoms with Gasteiger partial charge in [-0.3, -0.25) is 15.1 Å². The first-order valence-corrected chi connectivity index (χ1v) is 8.18. The standard InChI is InChI=1S/C18H23N5O3.HI/c1-19-18(22-13-14-4-3-5-17(12-14)26-2)21-11-10-20-15-6-8-16(9-7-15)23(24)25;/h3-9,12,20H,10-11,13H2,1-2H3,(H2,19,21,22);1H. The topological polar surface area (TPSA) is 101 Å². The van der Waals surface area contributed by atoms with Crippen molar-refractivity contribution in [2.24, 2.45) is 4.99 Å². The molecule has 2 rings (SSSR count). The molecule has 0 heterocycles. The number of methoxy groups -OCH3 is 1. The number of halogens is 1. The quantitative estimate of drug-likeness (QED) is 0.133. The molecule has 0 atom stereocenters. The SMILES string of the molecule is CN=C(NCCNc1ccc([N+](=O)[O-])cc1)NCc1cccc(OC)c1.I. The van der Waals surface area contributed by atoms with Gasteiger partial charge in [-0.25, -0.2) is 0 Å². The van der Waals surface area contributed by atoms with Crippen LogP contribution in [0.5, 0.6) is 5.75 Å². The number of benzene rings is 2. The van der Waals surface area contributed by atoms with Crippen LogP contribution in [0.1, 0.15) is 5.56 Å². The van der Waals surface area contributed by atoms with Gasteiger partial charge in [-0.15, -0.1) is 24.0 Å². The lowest BCUT2D eigenvalue weighted by atomic mass is 10.2. The van der Waals surface area contributed by atoms with Crippen molar-refractivity contribution in [3.05, 3.63) is 64.2 Å². The maximum absolute atomic E-state index is 10.6. The third-order valence-corrected chi connectivity index (χ3v) is 3.64. The van der Waals surface area contributed by atoms with Crippen molar-refractivity contribution in [1.82, 2.24) is 10.6 Å². The number of nitrogens with one attached hydrogen (secondary N) is 3. The highest BCUT2D eigenvalue weighted by atomic mass is 127. The largest absolute Gasteiger partial charge is 0.497 e. The number of nitro benzene ring substituents is 1. The van der Waals surface area contributed by atoms with Gasteiger partial charge in [0.25, 0.3) is 5.69 Å². The Hall–Kier alpha value is -2.56. The van der Waals surface area contributed by atoms with Crippen LogP contribution in [0.2, 0.25) is 0 Å². The molecule has 0 amide bonds. The zero-order valence-electron chi connectivity index (χ0n) is 15.3. The van der Waals surface area contributed by atoms with Gasteiger partial charge in [0.2, 0.25) is 0 Å². The fraction of sp³-hybridized carbons (Fsp3) is 0.278. The van der Waals surface area contributed by atoms with Crippen LogP contribution in [0.25, 0.3) is 0 Å². The van der Waals surface area contributed by atoms with E-state index in [1.807, 2.05) is 24.3 Å². The molecule has 0 aliphatic heterocycles. The molecule has 146 valence electrons. The minimum atomic E-state index is -0.413. The first-order chi connectivity index (χ1) is 12.6. The van der Waals surface area contributed by atoms with E-state index < -0.39 is 4.92 Å². The summed E-state index contributed by atoms with van der Waals surface area (Å²) in [7, 11) is 3.36. The first kappa shape index (κ1) is 22.5. The Kier molecular flexibility index (Phi) is 9.94. The van der Waals surface area contributed by atoms with Crippen LogP contribution in [0, 0.1) is 10.1 Å². The van der Waals surface area contributed by atoms with Crippen LogP contribution in [-0.2, 0) is 6.54 Å². The third-order valence-electron chi connectivity index (χ3n) is 3.64. The zero-order valence-corrected chi connectivity index (χ0v) is 17.6. The molecule has 0 aliphatic rings. The zero-order chi connectivity index (χ0) is 18.8. The van der Waals surface area contributed by atoms with E-state index in [1.54, 1.807) is 26.3 Å². The highest BCUT2D eigenvalue weighted by Crippen LogP contribution is 2.15. The predicted molar refractivity (Wildman–Crippen MR) is 118 cm³/mol. The molecule has 2 aromatic carbocycles. The Labute approximate surface area is 175 Å². The second-order valence-electron chi connectivity index (χ2n) is 5.43. The molecule has 0 saturated heterocycles. The van der Waals surface area contributed by atoms with Crippen molar-refractivity contribution in [2.45, 2.75) is 6.54 Å². The van der Waals surface area contributed by atoms with Crippen LogP contribution in [0.4, 0.5) is 11.4 Å². The van der Waals surface area contributed by atoms with E-state index in [4.69, 9.17) is 4.74 Å². The lowest BCUT2D eigenvalue weighted by Crippen LogP contribution is -2.39. The fourth-order valence-corrected chi connectivity index (χ4v) is 2.28. The predicted octanol–water partition coefficient (Wildman–Crippen LogP) is 3.00. The second-order valence-corrected chi connectivity index (χ2v) is 5.43. The van der Waals surface area contributed by atoms with E-state index in [0.717, 1.165) is 17.0 Å². The van der Waals surface area contributed by atoms with Crippen molar-refractivity contribution in [2.75, 3.05) is 32.6 Å². The molecule has 0 unspecified atom stereocenters. The number of guanidine groups is 1. The maximum atomic E-state index is 10.6. The first-order valence-electron chi connectivity index (χ1n) is 8.18. The molecule has 27 heavy (non-hydrogen) atoms. The summed E-state index contributed by atoms with van der Waals surface area (Å²) in [5.74, 6) is 1.51. The van der Waals surface area contributed by atoms with Gasteiger partial charge in [-0.1, -0.05) is 12.1 Å². The fourth-order valence-electron chi connectivity index (χ4n) is 2.28. The summed E-state index contributed by atoms with van der Waals surface area (Å²) in [6, 6.07) is 14.2. The second kappa shape index (κ2) is 11.9. The lowest BCUT2D eigenvalue weighted by Gasteiger charge is -2.13. The molecule has 0 radical (unpaired) electrons. The summed E-state index contributed by atoms with van der Waals surface area (Å²) in [6.07, 6.45) is 0. The van der Waals surface area contributed by atoms with E-state index in [9.17, 15) is 10.1 Å². The molecule has 2 aromatic rings. The number of ether oxygens (including phenoxy) is 1. The number of aliphatic imine (C=N–C) groups is 1. The number of rotatable bonds is 8. The van der Waals surface area contributed by atoms with E-state index in [0.29, 0.717) is 25.6 Å². The van der Waals surface area contributed by atoms with Crippen molar-refractivity contribution in [3.8, 4) is 5.75 Å². The molecule has 0 spiro atoms. The van der Waals surface area contributed by atoms with Gasteiger partial charge in [0, 0.05) is 44.5 Å². The molecule has 0 aliphatic carbocycles. The maximum Gasteiger partial charge on any atom is 0.269 e. The summed E-state index contributed by atoms with van der Waals surface area (Å²) in [5, 5.41) is 20.3. The molecule has 0 saturated carbocycles. The molecule has 0 bridgehead atoms. The Morgan fingerprint density at radius 3 is 2.52 bits per heavy atom. The number of hydrogen-bond donors (Lipinski definition) is 3. The van der Waals surface area contributed by atoms with Gasteiger partial charge >= 0.3 is 0 Å². The van der Waals surface area contributed by atoms with Crippen LogP contribution < -0.4 is 20.7 Å². The van der Waals surface area contributed by atoms with Gasteiger partial charge in [0.05, 0.1) is 12.0 Å². The number of hydrogen-bond acceptors (Lipinski definition) is 5. The van der Waals surface area contributed by atoms with Crippen LogP contribution >= 0.6 is 24.0 Å². The number of anilines is 1. The van der Waals surface area contributed by atoms with Gasteiger partial charge in [-0.05, 0) is 29.8 Å². The van der Waals surface area contributed by atoms with Crippen LogP contribution in [0.15, 0.2) is 53.5 Å². The molecule has 9 heteroatoms. The smallest absolute Gasteiger partial charge is 0.269 e. The Balaban J connectivity index is 0.00000364. The summed E-state index contributed by atoms with van der Waals surface area (Å²) in [6.45, 7) is 1.93. The molecular formula is C18H24IN5O3. The summed E-state index contributed by atoms with van der Waals surface area (Å²) < 4.78 is 5.21. The van der Waals surface area contributed by atoms with E-state index in [-0.39, 0.29) is 29.7 Å². The number of nitrogens with zero attached hydrogens (tertiary/aromatic N) is 2. The highest BCUT2D eigenvalue weighted by molar-refractivity contribution is 14.0. The van der Waals surface area contributed by atoms with Gasteiger partial charge in [0.1, 0.15) is 5.75 Å². The highest BCUT2D eigenvalue weighted by Gasteiger charge is 2.03. The minimum absolute atomic E-state index is 0. The monoisotopic (exact) mass is 485 g/mol. The molecule has 8 nitrogen and oxygen atoms in total. The summed E-state index contributed by atoms with van der Waals surface area (Å²) in [5.41, 5.74) is 2.00. The van der Waals surface area contributed by atoms with E-state index in [1.165, 1.54) is 12.1 Å². The minimum Gasteiger partial charge on any atom is -0.497 e. The average Bonchev–Trinajstić information content (AvgIpc) is 2.68. The van der Waals surface area contributed by atoms with Gasteiger partial charge < -0.3 is 20.7 Å². The lowest BCUT2D eigenvalue weighted by molar-refractivity contribution is -0.384. The van der Waals surface area contributed by atoms with E-state index in [2.05, 4.69) is 20.9 Å². The molecular weight excluding hydrogens is 461 g/mol. The van der Waals surface area contributed by atoms with Crippen molar-refractivity contribution >= 4 is 41.3 Å². The van der Waals surface area contributed by atoms with Gasteiger partial charge in [-0.2, -0.15) is 0 Å². The Morgan fingerprint density at radius 1 is 1.15 bits per heavy atom. The summed E-state index contributed by atoms with van der Waals surface area (Å²) in [4.78, 5) is 14.4. The molecule has 0 fully saturated rings. The normalized spacial score (nSPS) is 10.5. The summed E-state index contributed by atoms with van der Waals surface area (Å²) >= 11 is 0. The number of non-ortho nitro benzene ring substituents is 1. The molecule has 3 N–H and O–H groups in total. The van der Waals surface area contributed by atoms with Crippen LogP contribution in [0.3, 0.4) is 0 Å². The van der Waals surface area contributed by atoms with Crippen LogP contribution in [-0.4, -0.2) is 38.1 Å². The number of nitro groups is 1. The Morgan fingerprint density at radius 2 is 1.89 bits per heavy atom. The van der Waals surface area contributed by atoms with Crippen molar-refractivity contribution in [1.29, 1.82) is 0 Å². The van der Waals surface area contributed by atoms with Crippen molar-refractivity contribution in [3.63, 3.8) is 0 Å². The van der Waals surface area contributed by atoms with Crippen molar-refractivity contribution < 1.29 is 9.66 Å². The molecule has 0 aromatic heterocycles.